The lowest BCUT2D eigenvalue weighted by molar-refractivity contribution is -0.330. The van der Waals surface area contributed by atoms with E-state index in [9.17, 15) is 24.3 Å². The minimum atomic E-state index is -2.47. The van der Waals surface area contributed by atoms with Gasteiger partial charge in [-0.15, -0.1) is 0 Å². The molecule has 2 saturated carbocycles. The van der Waals surface area contributed by atoms with Crippen molar-refractivity contribution in [1.82, 2.24) is 5.32 Å². The second kappa shape index (κ2) is 12.8. The van der Waals surface area contributed by atoms with Gasteiger partial charge in [-0.25, -0.2) is 0 Å². The van der Waals surface area contributed by atoms with Crippen LogP contribution in [0.5, 0.6) is 0 Å². The highest BCUT2D eigenvalue weighted by Crippen LogP contribution is 2.64. The maximum atomic E-state index is 15.6. The predicted molar refractivity (Wildman–Crippen MR) is 182 cm³/mol. The predicted octanol–water partition coefficient (Wildman–Crippen LogP) is 4.46. The summed E-state index contributed by atoms with van der Waals surface area (Å²) >= 11 is 0. The van der Waals surface area contributed by atoms with E-state index in [1.54, 1.807) is 58.0 Å². The number of ether oxygens (including phenoxy) is 3. The Hall–Kier alpha value is -3.19. The summed E-state index contributed by atoms with van der Waals surface area (Å²) in [5.74, 6) is -4.08. The largest absolute Gasteiger partial charge is 0.454 e. The molecule has 0 unspecified atom stereocenters. The van der Waals surface area contributed by atoms with E-state index in [4.69, 9.17) is 18.6 Å². The lowest BCUT2D eigenvalue weighted by Gasteiger charge is -2.68. The number of hydrogen-bond acceptors (Lipinski definition) is 10. The molecule has 11 nitrogen and oxygen atoms in total. The fourth-order valence-corrected chi connectivity index (χ4v) is 12.3. The third-order valence-corrected chi connectivity index (χ3v) is 17.1. The summed E-state index contributed by atoms with van der Waals surface area (Å²) in [5.41, 5.74) is -5.89. The van der Waals surface area contributed by atoms with Crippen molar-refractivity contribution in [2.45, 2.75) is 129 Å². The number of benzene rings is 1. The number of amides is 1. The van der Waals surface area contributed by atoms with E-state index in [1.165, 1.54) is 13.8 Å². The molecule has 49 heavy (non-hydrogen) atoms. The van der Waals surface area contributed by atoms with Gasteiger partial charge in [-0.2, -0.15) is 0 Å². The third-order valence-electron chi connectivity index (χ3n) is 12.5. The van der Waals surface area contributed by atoms with E-state index < -0.39 is 96.5 Å². The number of allylic oxidation sites excluding steroid dienone is 1. The third kappa shape index (κ3) is 5.53. The topological polar surface area (TPSA) is 155 Å². The molecule has 1 aromatic carbocycles. The van der Waals surface area contributed by atoms with E-state index in [0.29, 0.717) is 5.56 Å². The molecule has 2 bridgehead atoms. The number of ketones is 2. The summed E-state index contributed by atoms with van der Waals surface area (Å²) in [6.45, 7) is 15.3. The first-order valence-electron chi connectivity index (χ1n) is 17.4. The summed E-state index contributed by atoms with van der Waals surface area (Å²) in [6, 6.07) is 9.41. The summed E-state index contributed by atoms with van der Waals surface area (Å²) in [5, 5.41) is 16.4. The molecule has 5 rings (SSSR count). The van der Waals surface area contributed by atoms with Crippen molar-refractivity contribution in [2.24, 2.45) is 16.7 Å². The highest BCUT2D eigenvalue weighted by molar-refractivity contribution is 6.73. The minimum absolute atomic E-state index is 0.114. The number of esters is 2. The first-order chi connectivity index (χ1) is 22.9. The molecule has 1 aliphatic heterocycles. The molecule has 1 aromatic rings. The van der Waals surface area contributed by atoms with Crippen LogP contribution in [0.4, 0.5) is 0 Å². The Bertz CT molecular complexity index is 1560. The molecule has 12 heteroatoms. The van der Waals surface area contributed by atoms with Crippen molar-refractivity contribution in [3.8, 4) is 0 Å². The van der Waals surface area contributed by atoms with Crippen LogP contribution in [0, 0.1) is 16.7 Å². The monoisotopic (exact) mass is 697 g/mol. The summed E-state index contributed by atoms with van der Waals surface area (Å²) in [7, 11) is -2.47. The van der Waals surface area contributed by atoms with Crippen LogP contribution in [0.1, 0.15) is 85.5 Å². The number of fused-ring (bicyclic) bond motifs is 5. The van der Waals surface area contributed by atoms with E-state index >= 15 is 4.79 Å². The number of carbonyl (C=O) groups excluding carboxylic acids is 5. The Kier molecular flexibility index (Phi) is 9.72. The number of nitrogens with one attached hydrogen (secondary N) is 1. The number of carbonyl (C=O) groups is 5. The molecule has 4 aliphatic rings. The Balaban J connectivity index is 1.89. The molecule has 0 radical (unpaired) electrons. The second-order valence-corrected chi connectivity index (χ2v) is 19.8. The number of rotatable bonds is 9. The summed E-state index contributed by atoms with van der Waals surface area (Å²) in [4.78, 5) is 69.5. The maximum absolute atomic E-state index is 15.6. The van der Waals surface area contributed by atoms with Crippen LogP contribution in [0.15, 0.2) is 41.5 Å². The van der Waals surface area contributed by atoms with E-state index in [2.05, 4.69) is 26.1 Å². The Labute approximate surface area is 289 Å². The zero-order valence-electron chi connectivity index (χ0n) is 30.1. The van der Waals surface area contributed by atoms with Crippen LogP contribution >= 0.6 is 0 Å². The fourth-order valence-electron chi connectivity index (χ4n) is 9.37. The van der Waals surface area contributed by atoms with Gasteiger partial charge in [0.15, 0.2) is 31.6 Å². The van der Waals surface area contributed by atoms with Gasteiger partial charge in [-0.05, 0) is 55.3 Å². The number of aliphatic hydroxyl groups is 1. The average Bonchev–Trinajstić information content (AvgIpc) is 3.04. The Morgan fingerprint density at radius 1 is 1.00 bits per heavy atom. The smallest absolute Gasteiger partial charge is 0.303 e. The van der Waals surface area contributed by atoms with Crippen molar-refractivity contribution < 1.29 is 47.7 Å². The fraction of sp³-hybridized carbons (Fsp3) is 0.649. The number of hydrogen-bond donors (Lipinski definition) is 2. The van der Waals surface area contributed by atoms with Gasteiger partial charge in [0.2, 0.25) is 0 Å². The molecule has 2 N–H and O–H groups in total. The molecule has 0 spiro atoms. The van der Waals surface area contributed by atoms with Gasteiger partial charge in [0, 0.05) is 43.6 Å². The molecule has 1 amide bonds. The summed E-state index contributed by atoms with van der Waals surface area (Å²) < 4.78 is 25.4. The lowest BCUT2D eigenvalue weighted by Crippen LogP contribution is -2.83. The quantitative estimate of drug-likeness (QED) is 0.279. The van der Waals surface area contributed by atoms with Crippen molar-refractivity contribution in [1.29, 1.82) is 0 Å². The number of Topliss-reactive ketones (excluding diaryl/α,β-unsaturated/α-hetero) is 2. The normalized spacial score (nSPS) is 35.2. The highest BCUT2D eigenvalue weighted by Gasteiger charge is 2.78. The van der Waals surface area contributed by atoms with Gasteiger partial charge >= 0.3 is 11.9 Å². The molecule has 3 fully saturated rings. The van der Waals surface area contributed by atoms with Crippen molar-refractivity contribution in [3.05, 3.63) is 47.0 Å². The van der Waals surface area contributed by atoms with Crippen LogP contribution in [0.2, 0.25) is 18.1 Å². The first kappa shape index (κ1) is 37.1. The average molecular weight is 698 g/mol. The Morgan fingerprint density at radius 3 is 2.12 bits per heavy atom. The molecule has 3 aliphatic carbocycles. The van der Waals surface area contributed by atoms with Crippen LogP contribution in [0.25, 0.3) is 0 Å². The molecule has 8 atom stereocenters. The SMILES string of the molecule is CC[Si](CC)(CC)O[C@H]1C[C@H]2OC[C@@]2(OC(C)=O)[C@H]2[C@H](NC(=O)c3ccccc3)[C@]3(O)CC(=O)C(C)=C([C@@H](OC(C)=O)C(=O)[C@]12C)C3(C)C. The van der Waals surface area contributed by atoms with Crippen LogP contribution in [-0.4, -0.2) is 85.0 Å². The van der Waals surface area contributed by atoms with Gasteiger partial charge in [0.05, 0.1) is 24.2 Å². The van der Waals surface area contributed by atoms with Gasteiger partial charge in [0.1, 0.15) is 11.7 Å². The van der Waals surface area contributed by atoms with Gasteiger partial charge in [-0.1, -0.05) is 52.8 Å². The molecular formula is C37H51NO10Si. The van der Waals surface area contributed by atoms with Crippen molar-refractivity contribution in [2.75, 3.05) is 6.61 Å². The van der Waals surface area contributed by atoms with E-state index in [0.717, 1.165) is 18.1 Å². The molecule has 1 heterocycles. The van der Waals surface area contributed by atoms with Gasteiger partial charge < -0.3 is 29.1 Å². The van der Waals surface area contributed by atoms with Crippen molar-refractivity contribution >= 4 is 37.7 Å². The molecule has 268 valence electrons. The standard InChI is InChI=1S/C37H51NO10Si/c1-10-49(11-2,12-3)48-26-18-27-36(20-45-27,47-23(6)40)30-31(38-33(43)24-16-14-13-15-17-24)37(44)19-25(41)21(4)28(34(37,7)8)29(46-22(5)39)32(42)35(26,30)9/h13-17,26-27,29-31,44H,10-12,18-20H2,1-9H3,(H,38,43)/t26-,27+,29+,30-,31-,35+,36-,37+/m0/s1. The van der Waals surface area contributed by atoms with E-state index in [-0.39, 0.29) is 24.2 Å². The van der Waals surface area contributed by atoms with Crippen LogP contribution in [-0.2, 0) is 37.8 Å². The second-order valence-electron chi connectivity index (χ2n) is 15.1. The molecule has 0 aromatic heterocycles. The van der Waals surface area contributed by atoms with Crippen LogP contribution < -0.4 is 5.32 Å². The van der Waals surface area contributed by atoms with Crippen LogP contribution in [0.3, 0.4) is 0 Å². The lowest BCUT2D eigenvalue weighted by atomic mass is 9.44. The zero-order chi connectivity index (χ0) is 36.3. The van der Waals surface area contributed by atoms with E-state index in [1.807, 2.05) is 0 Å². The minimum Gasteiger partial charge on any atom is -0.454 e. The van der Waals surface area contributed by atoms with Crippen molar-refractivity contribution in [3.63, 3.8) is 0 Å². The Morgan fingerprint density at radius 2 is 1.61 bits per heavy atom. The molecular weight excluding hydrogens is 646 g/mol. The van der Waals surface area contributed by atoms with Gasteiger partial charge in [0.25, 0.3) is 5.91 Å². The highest BCUT2D eigenvalue weighted by atomic mass is 28.4. The summed E-state index contributed by atoms with van der Waals surface area (Å²) in [6.07, 6.45) is -3.35. The first-order valence-corrected chi connectivity index (χ1v) is 19.9. The zero-order valence-corrected chi connectivity index (χ0v) is 31.1. The maximum Gasteiger partial charge on any atom is 0.303 e. The van der Waals surface area contributed by atoms with Gasteiger partial charge in [-0.3, -0.25) is 24.0 Å². The molecule has 1 saturated heterocycles.